The first-order valence-corrected chi connectivity index (χ1v) is 7.61. The van der Waals surface area contributed by atoms with E-state index >= 15 is 0 Å². The molecule has 0 unspecified atom stereocenters. The van der Waals surface area contributed by atoms with Gasteiger partial charge in [0.05, 0.1) is 4.55 Å². The molecule has 1 fully saturated rings. The maximum atomic E-state index is 4.84. The van der Waals surface area contributed by atoms with E-state index in [1.165, 1.54) is 19.3 Å². The normalized spacial score (nSPS) is 25.1. The van der Waals surface area contributed by atoms with E-state index in [2.05, 4.69) is 38.2 Å². The molecule has 0 amide bonds. The van der Waals surface area contributed by atoms with Crippen LogP contribution < -0.4 is 10.6 Å². The van der Waals surface area contributed by atoms with E-state index in [0.29, 0.717) is 0 Å². The van der Waals surface area contributed by atoms with Gasteiger partial charge in [-0.1, -0.05) is 29.0 Å². The van der Waals surface area contributed by atoms with Gasteiger partial charge in [0.25, 0.3) is 0 Å². The van der Waals surface area contributed by atoms with Crippen LogP contribution in [0.15, 0.2) is 9.98 Å². The van der Waals surface area contributed by atoms with Crippen LogP contribution >= 0.6 is 22.6 Å². The number of halogens is 1. The van der Waals surface area contributed by atoms with Crippen molar-refractivity contribution < 1.29 is 0 Å². The summed E-state index contributed by atoms with van der Waals surface area (Å²) >= 11 is 2.25. The zero-order valence-electron chi connectivity index (χ0n) is 10.5. The number of nitrogens with one attached hydrogen (secondary N) is 2. The van der Waals surface area contributed by atoms with E-state index < -0.39 is 0 Å². The van der Waals surface area contributed by atoms with E-state index in [9.17, 15) is 0 Å². The Balaban J connectivity index is 2.25. The van der Waals surface area contributed by atoms with Crippen LogP contribution in [0.2, 0.25) is 0 Å². The molecule has 0 bridgehead atoms. The highest BCUT2D eigenvalue weighted by atomic mass is 127. The van der Waals surface area contributed by atoms with Gasteiger partial charge in [0, 0.05) is 14.1 Å². The standard InChI is InChI=1S/C11H20IN5/c1-17(2)10-14-9(13-8-12)15-11(16-10)6-4-3-5-7-11/h3-8H2,1-2H3,(H2,13,14,15,16). The lowest BCUT2D eigenvalue weighted by Crippen LogP contribution is -2.61. The van der Waals surface area contributed by atoms with Gasteiger partial charge < -0.3 is 10.2 Å². The molecule has 2 aliphatic rings. The Labute approximate surface area is 116 Å². The minimum Gasteiger partial charge on any atom is -0.349 e. The van der Waals surface area contributed by atoms with Crippen molar-refractivity contribution in [3.8, 4) is 0 Å². The summed E-state index contributed by atoms with van der Waals surface area (Å²) in [5.74, 6) is 1.77. The number of rotatable bonds is 1. The Hall–Kier alpha value is -0.530. The Morgan fingerprint density at radius 1 is 1.35 bits per heavy atom. The summed E-state index contributed by atoms with van der Waals surface area (Å²) in [6.07, 6.45) is 6.02. The molecule has 1 aliphatic heterocycles. The second-order valence-electron chi connectivity index (χ2n) is 4.80. The summed E-state index contributed by atoms with van der Waals surface area (Å²) in [5, 5.41) is 6.71. The summed E-state index contributed by atoms with van der Waals surface area (Å²) < 4.78 is 0.754. The third-order valence-corrected chi connectivity index (χ3v) is 3.56. The molecule has 17 heavy (non-hydrogen) atoms. The molecule has 96 valence electrons. The van der Waals surface area contributed by atoms with Gasteiger partial charge in [-0.3, -0.25) is 5.32 Å². The molecule has 0 atom stereocenters. The molecule has 0 aromatic carbocycles. The van der Waals surface area contributed by atoms with Crippen LogP contribution in [0.3, 0.4) is 0 Å². The zero-order valence-corrected chi connectivity index (χ0v) is 12.6. The molecule has 0 aromatic rings. The van der Waals surface area contributed by atoms with E-state index in [1.54, 1.807) is 0 Å². The summed E-state index contributed by atoms with van der Waals surface area (Å²) in [7, 11) is 4.02. The van der Waals surface area contributed by atoms with Gasteiger partial charge in [-0.05, 0) is 25.7 Å². The van der Waals surface area contributed by atoms with Gasteiger partial charge in [-0.25, -0.2) is 9.98 Å². The molecule has 0 saturated heterocycles. The predicted molar refractivity (Wildman–Crippen MR) is 79.5 cm³/mol. The number of alkyl halides is 1. The van der Waals surface area contributed by atoms with Crippen molar-refractivity contribution in [2.24, 2.45) is 9.98 Å². The molecule has 1 heterocycles. The Kier molecular flexibility index (Phi) is 4.11. The van der Waals surface area contributed by atoms with Crippen LogP contribution in [0.25, 0.3) is 0 Å². The maximum absolute atomic E-state index is 4.84. The molecule has 1 saturated carbocycles. The first-order chi connectivity index (χ1) is 8.15. The van der Waals surface area contributed by atoms with Crippen molar-refractivity contribution in [3.63, 3.8) is 0 Å². The quantitative estimate of drug-likeness (QED) is 0.429. The summed E-state index contributed by atoms with van der Waals surface area (Å²) in [5.41, 5.74) is -0.117. The third-order valence-electron chi connectivity index (χ3n) is 3.22. The number of hydrogen-bond donors (Lipinski definition) is 2. The van der Waals surface area contributed by atoms with Crippen LogP contribution in [0.4, 0.5) is 0 Å². The highest BCUT2D eigenvalue weighted by Crippen LogP contribution is 2.30. The monoisotopic (exact) mass is 349 g/mol. The van der Waals surface area contributed by atoms with E-state index in [4.69, 9.17) is 4.99 Å². The number of nitrogens with zero attached hydrogens (tertiary/aromatic N) is 3. The van der Waals surface area contributed by atoms with Gasteiger partial charge in [0.2, 0.25) is 11.9 Å². The SMILES string of the molecule is CN(C)C1=NC2(CCCCC2)N/C(=N\CI)N1. The van der Waals surface area contributed by atoms with Gasteiger partial charge in [0.1, 0.15) is 5.66 Å². The minimum atomic E-state index is -0.117. The largest absolute Gasteiger partial charge is 0.349 e. The Morgan fingerprint density at radius 2 is 2.06 bits per heavy atom. The molecule has 2 rings (SSSR count). The van der Waals surface area contributed by atoms with Gasteiger partial charge in [-0.2, -0.15) is 0 Å². The fraction of sp³-hybridized carbons (Fsp3) is 0.818. The molecule has 6 heteroatoms. The van der Waals surface area contributed by atoms with Crippen LogP contribution in [0, 0.1) is 0 Å². The fourth-order valence-corrected chi connectivity index (χ4v) is 2.68. The van der Waals surface area contributed by atoms with Gasteiger partial charge in [-0.15, -0.1) is 0 Å². The topological polar surface area (TPSA) is 52.0 Å². The molecule has 0 aromatic heterocycles. The molecular formula is C11H20IN5. The fourth-order valence-electron chi connectivity index (χ4n) is 2.34. The Morgan fingerprint density at radius 3 is 2.65 bits per heavy atom. The lowest BCUT2D eigenvalue weighted by Gasteiger charge is -2.40. The Bertz CT molecular complexity index is 331. The zero-order chi connectivity index (χ0) is 12.3. The molecule has 1 spiro atoms. The number of aliphatic imine (C=N–C) groups is 2. The van der Waals surface area contributed by atoms with E-state index in [1.807, 2.05) is 19.0 Å². The van der Waals surface area contributed by atoms with Gasteiger partial charge in [0.15, 0.2) is 0 Å². The molecule has 0 radical (unpaired) electrons. The van der Waals surface area contributed by atoms with Gasteiger partial charge >= 0.3 is 0 Å². The van der Waals surface area contributed by atoms with E-state index in [-0.39, 0.29) is 5.66 Å². The second-order valence-corrected chi connectivity index (χ2v) is 5.48. The lowest BCUT2D eigenvalue weighted by molar-refractivity contribution is 0.266. The number of guanidine groups is 2. The third kappa shape index (κ3) is 3.02. The van der Waals surface area contributed by atoms with Crippen LogP contribution in [-0.2, 0) is 0 Å². The molecular weight excluding hydrogens is 329 g/mol. The lowest BCUT2D eigenvalue weighted by atomic mass is 9.89. The molecule has 5 nitrogen and oxygen atoms in total. The van der Waals surface area contributed by atoms with Crippen LogP contribution in [-0.4, -0.2) is 41.1 Å². The highest BCUT2D eigenvalue weighted by Gasteiger charge is 2.36. The second kappa shape index (κ2) is 5.41. The van der Waals surface area contributed by atoms with Crippen molar-refractivity contribution in [1.82, 2.24) is 15.5 Å². The highest BCUT2D eigenvalue weighted by molar-refractivity contribution is 14.1. The molecule has 2 N–H and O–H groups in total. The summed E-state index contributed by atoms with van der Waals surface area (Å²) in [6.45, 7) is 0. The maximum Gasteiger partial charge on any atom is 0.202 e. The van der Waals surface area contributed by atoms with Crippen LogP contribution in [0.5, 0.6) is 0 Å². The average Bonchev–Trinajstić information content (AvgIpc) is 2.29. The summed E-state index contributed by atoms with van der Waals surface area (Å²) in [6, 6.07) is 0. The average molecular weight is 349 g/mol. The van der Waals surface area contributed by atoms with Crippen molar-refractivity contribution in [1.29, 1.82) is 0 Å². The first-order valence-electron chi connectivity index (χ1n) is 6.08. The smallest absolute Gasteiger partial charge is 0.202 e. The summed E-state index contributed by atoms with van der Waals surface area (Å²) in [4.78, 5) is 11.3. The van der Waals surface area contributed by atoms with Crippen molar-refractivity contribution in [2.75, 3.05) is 18.6 Å². The van der Waals surface area contributed by atoms with Crippen molar-refractivity contribution >= 4 is 34.5 Å². The van der Waals surface area contributed by atoms with Crippen molar-refractivity contribution in [2.45, 2.75) is 37.8 Å². The number of hydrogen-bond acceptors (Lipinski definition) is 3. The van der Waals surface area contributed by atoms with Crippen molar-refractivity contribution in [3.05, 3.63) is 0 Å². The van der Waals surface area contributed by atoms with E-state index in [0.717, 1.165) is 29.3 Å². The first kappa shape index (κ1) is 12.9. The predicted octanol–water partition coefficient (Wildman–Crippen LogP) is 1.51. The minimum absolute atomic E-state index is 0.117. The van der Waals surface area contributed by atoms with Crippen LogP contribution in [0.1, 0.15) is 32.1 Å². The molecule has 1 aliphatic carbocycles.